The van der Waals surface area contributed by atoms with Crippen LogP contribution in [0.4, 0.5) is 5.69 Å². The summed E-state index contributed by atoms with van der Waals surface area (Å²) in [5.41, 5.74) is 3.92. The number of carbonyl (C=O) groups excluding carboxylic acids is 2. The van der Waals surface area contributed by atoms with Crippen molar-refractivity contribution in [2.24, 2.45) is 0 Å². The van der Waals surface area contributed by atoms with Crippen LogP contribution >= 0.6 is 0 Å². The zero-order valence-corrected chi connectivity index (χ0v) is 17.6. The van der Waals surface area contributed by atoms with Crippen LogP contribution in [0, 0.1) is 0 Å². The SMILES string of the molecule is CCN(CC)C(=O)c1ccccc1NC(=O)c1ccccc1CCc1ccccc1. The molecular formula is C26H28N2O2. The molecule has 0 radical (unpaired) electrons. The Hall–Kier alpha value is -3.40. The Labute approximate surface area is 178 Å². The molecule has 0 aliphatic carbocycles. The van der Waals surface area contributed by atoms with Gasteiger partial charge in [-0.3, -0.25) is 9.59 Å². The van der Waals surface area contributed by atoms with Crippen LogP contribution in [-0.4, -0.2) is 29.8 Å². The maximum Gasteiger partial charge on any atom is 0.255 e. The molecule has 0 atom stereocenters. The van der Waals surface area contributed by atoms with E-state index in [1.54, 1.807) is 17.0 Å². The van der Waals surface area contributed by atoms with Gasteiger partial charge in [-0.1, -0.05) is 60.7 Å². The highest BCUT2D eigenvalue weighted by Gasteiger charge is 2.19. The normalized spacial score (nSPS) is 10.5. The van der Waals surface area contributed by atoms with E-state index in [0.29, 0.717) is 29.9 Å². The number of aryl methyl sites for hydroxylation is 2. The highest BCUT2D eigenvalue weighted by atomic mass is 16.2. The van der Waals surface area contributed by atoms with Gasteiger partial charge in [0.05, 0.1) is 11.3 Å². The number of para-hydroxylation sites is 1. The van der Waals surface area contributed by atoms with E-state index in [2.05, 4.69) is 17.4 Å². The van der Waals surface area contributed by atoms with E-state index in [4.69, 9.17) is 0 Å². The van der Waals surface area contributed by atoms with E-state index >= 15 is 0 Å². The van der Waals surface area contributed by atoms with Gasteiger partial charge in [0.15, 0.2) is 0 Å². The molecule has 2 amide bonds. The van der Waals surface area contributed by atoms with Gasteiger partial charge in [0.25, 0.3) is 11.8 Å². The predicted octanol–water partition coefficient (Wildman–Crippen LogP) is 5.21. The largest absolute Gasteiger partial charge is 0.339 e. The van der Waals surface area contributed by atoms with Gasteiger partial charge in [0.2, 0.25) is 0 Å². The molecule has 0 saturated carbocycles. The molecule has 0 heterocycles. The van der Waals surface area contributed by atoms with Crippen LogP contribution in [0.2, 0.25) is 0 Å². The van der Waals surface area contributed by atoms with Gasteiger partial charge in [0.1, 0.15) is 0 Å². The van der Waals surface area contributed by atoms with Gasteiger partial charge < -0.3 is 10.2 Å². The van der Waals surface area contributed by atoms with Gasteiger partial charge in [-0.25, -0.2) is 0 Å². The van der Waals surface area contributed by atoms with Gasteiger partial charge >= 0.3 is 0 Å². The summed E-state index contributed by atoms with van der Waals surface area (Å²) in [6.07, 6.45) is 1.63. The molecule has 0 bridgehead atoms. The fraction of sp³-hybridized carbons (Fsp3) is 0.231. The Morgan fingerprint density at radius 2 is 1.33 bits per heavy atom. The first kappa shape index (κ1) is 21.3. The van der Waals surface area contributed by atoms with Crippen molar-refractivity contribution < 1.29 is 9.59 Å². The van der Waals surface area contributed by atoms with E-state index in [1.807, 2.05) is 68.4 Å². The highest BCUT2D eigenvalue weighted by molar-refractivity contribution is 6.09. The van der Waals surface area contributed by atoms with Crippen LogP contribution < -0.4 is 5.32 Å². The number of amides is 2. The minimum Gasteiger partial charge on any atom is -0.339 e. The van der Waals surface area contributed by atoms with Crippen LogP contribution in [0.3, 0.4) is 0 Å². The molecule has 0 fully saturated rings. The van der Waals surface area contributed by atoms with E-state index in [0.717, 1.165) is 18.4 Å². The molecule has 3 aromatic carbocycles. The summed E-state index contributed by atoms with van der Waals surface area (Å²) in [7, 11) is 0. The summed E-state index contributed by atoms with van der Waals surface area (Å²) in [5.74, 6) is -0.272. The smallest absolute Gasteiger partial charge is 0.255 e. The van der Waals surface area contributed by atoms with Gasteiger partial charge in [0, 0.05) is 18.7 Å². The molecule has 3 aromatic rings. The molecule has 4 heteroatoms. The first-order chi connectivity index (χ1) is 14.6. The van der Waals surface area contributed by atoms with Gasteiger partial charge in [-0.2, -0.15) is 0 Å². The third-order valence-electron chi connectivity index (χ3n) is 5.24. The lowest BCUT2D eigenvalue weighted by Gasteiger charge is -2.20. The van der Waals surface area contributed by atoms with Crippen LogP contribution in [0.25, 0.3) is 0 Å². The number of rotatable bonds is 8. The summed E-state index contributed by atoms with van der Waals surface area (Å²) in [6.45, 7) is 5.15. The minimum absolute atomic E-state index is 0.0757. The second kappa shape index (κ2) is 10.4. The maximum atomic E-state index is 13.1. The van der Waals surface area contributed by atoms with Crippen molar-refractivity contribution in [1.82, 2.24) is 4.90 Å². The first-order valence-corrected chi connectivity index (χ1v) is 10.5. The van der Waals surface area contributed by atoms with Crippen molar-refractivity contribution in [3.05, 3.63) is 101 Å². The van der Waals surface area contributed by atoms with Crippen molar-refractivity contribution in [2.45, 2.75) is 26.7 Å². The molecular weight excluding hydrogens is 372 g/mol. The zero-order chi connectivity index (χ0) is 21.3. The number of nitrogens with zero attached hydrogens (tertiary/aromatic N) is 1. The molecule has 0 aromatic heterocycles. The third kappa shape index (κ3) is 5.15. The van der Waals surface area contributed by atoms with Crippen LogP contribution in [0.1, 0.15) is 45.7 Å². The molecule has 0 saturated heterocycles. The summed E-state index contributed by atoms with van der Waals surface area (Å²) >= 11 is 0. The maximum absolute atomic E-state index is 13.1. The topological polar surface area (TPSA) is 49.4 Å². The lowest BCUT2D eigenvalue weighted by molar-refractivity contribution is 0.0774. The fourth-order valence-corrected chi connectivity index (χ4v) is 3.53. The van der Waals surface area contributed by atoms with Crippen molar-refractivity contribution in [3.8, 4) is 0 Å². The summed E-state index contributed by atoms with van der Waals surface area (Å²) in [6, 6.07) is 25.1. The summed E-state index contributed by atoms with van der Waals surface area (Å²) < 4.78 is 0. The van der Waals surface area contributed by atoms with Crippen molar-refractivity contribution in [1.29, 1.82) is 0 Å². The quantitative estimate of drug-likeness (QED) is 0.564. The summed E-state index contributed by atoms with van der Waals surface area (Å²) in [5, 5.41) is 2.96. The Balaban J connectivity index is 1.80. The van der Waals surface area contributed by atoms with E-state index in [1.165, 1.54) is 5.56 Å². The molecule has 30 heavy (non-hydrogen) atoms. The van der Waals surface area contributed by atoms with Crippen LogP contribution in [0.15, 0.2) is 78.9 Å². The van der Waals surface area contributed by atoms with Crippen molar-refractivity contribution >= 4 is 17.5 Å². The Bertz CT molecular complexity index is 995. The van der Waals surface area contributed by atoms with E-state index in [-0.39, 0.29) is 11.8 Å². The fourth-order valence-electron chi connectivity index (χ4n) is 3.53. The number of nitrogens with one attached hydrogen (secondary N) is 1. The molecule has 0 unspecified atom stereocenters. The Morgan fingerprint density at radius 1 is 0.733 bits per heavy atom. The molecule has 3 rings (SSSR count). The lowest BCUT2D eigenvalue weighted by Crippen LogP contribution is -2.31. The Morgan fingerprint density at radius 3 is 2.03 bits per heavy atom. The number of carbonyl (C=O) groups is 2. The number of hydrogen-bond acceptors (Lipinski definition) is 2. The molecule has 0 spiro atoms. The molecule has 0 aliphatic heterocycles. The summed E-state index contributed by atoms with van der Waals surface area (Å²) in [4.78, 5) is 27.7. The van der Waals surface area contributed by atoms with E-state index < -0.39 is 0 Å². The average Bonchev–Trinajstić information content (AvgIpc) is 2.79. The second-order valence-electron chi connectivity index (χ2n) is 7.12. The number of hydrogen-bond donors (Lipinski definition) is 1. The third-order valence-corrected chi connectivity index (χ3v) is 5.24. The van der Waals surface area contributed by atoms with Crippen molar-refractivity contribution in [3.63, 3.8) is 0 Å². The standard InChI is InChI=1S/C26H28N2O2/c1-3-28(4-2)26(30)23-16-10-11-17-24(23)27-25(29)22-15-9-8-14-21(22)19-18-20-12-6-5-7-13-20/h5-17H,3-4,18-19H2,1-2H3,(H,27,29). The number of anilines is 1. The zero-order valence-electron chi connectivity index (χ0n) is 17.6. The second-order valence-corrected chi connectivity index (χ2v) is 7.12. The monoisotopic (exact) mass is 400 g/mol. The first-order valence-electron chi connectivity index (χ1n) is 10.5. The molecule has 154 valence electrons. The van der Waals surface area contributed by atoms with Crippen molar-refractivity contribution in [2.75, 3.05) is 18.4 Å². The van der Waals surface area contributed by atoms with Crippen LogP contribution in [0.5, 0.6) is 0 Å². The predicted molar refractivity (Wildman–Crippen MR) is 122 cm³/mol. The van der Waals surface area contributed by atoms with Crippen LogP contribution in [-0.2, 0) is 12.8 Å². The highest BCUT2D eigenvalue weighted by Crippen LogP contribution is 2.20. The van der Waals surface area contributed by atoms with Gasteiger partial charge in [-0.05, 0) is 56.0 Å². The minimum atomic E-state index is -0.196. The van der Waals surface area contributed by atoms with E-state index in [9.17, 15) is 9.59 Å². The molecule has 4 nitrogen and oxygen atoms in total. The lowest BCUT2D eigenvalue weighted by atomic mass is 9.99. The van der Waals surface area contributed by atoms with Gasteiger partial charge in [-0.15, -0.1) is 0 Å². The molecule has 1 N–H and O–H groups in total. The average molecular weight is 401 g/mol. The Kier molecular flexibility index (Phi) is 7.39. The molecule has 0 aliphatic rings. The number of benzene rings is 3.